The second-order valence-electron chi connectivity index (χ2n) is 6.35. The monoisotopic (exact) mass is 446 g/mol. The van der Waals surface area contributed by atoms with Crippen LogP contribution in [0.1, 0.15) is 22.8 Å². The highest BCUT2D eigenvalue weighted by molar-refractivity contribution is 9.10. The summed E-state index contributed by atoms with van der Waals surface area (Å²) in [7, 11) is 3.00. The van der Waals surface area contributed by atoms with Gasteiger partial charge < -0.3 is 14.8 Å². The van der Waals surface area contributed by atoms with Crippen LogP contribution in [0.4, 0.5) is 11.4 Å². The summed E-state index contributed by atoms with van der Waals surface area (Å²) in [6.45, 7) is 3.36. The number of methoxy groups -OCH3 is 2. The molecule has 0 radical (unpaired) electrons. The summed E-state index contributed by atoms with van der Waals surface area (Å²) in [5.74, 6) is -0.815. The standard InChI is InChI=1S/C20H19BrN2O5/c1-10-7-12(21)8-14-17(10)23(20(26)18(14)24)11(2)19(25)22-15-9-13(27-3)5-6-16(15)28-4/h5-9,11H,1-4H3,(H,22,25). The van der Waals surface area contributed by atoms with Crippen LogP contribution in [0.15, 0.2) is 34.8 Å². The lowest BCUT2D eigenvalue weighted by molar-refractivity contribution is -0.120. The van der Waals surface area contributed by atoms with Crippen LogP contribution in [0, 0.1) is 6.92 Å². The van der Waals surface area contributed by atoms with E-state index < -0.39 is 23.6 Å². The van der Waals surface area contributed by atoms with Crippen molar-refractivity contribution >= 4 is 44.9 Å². The van der Waals surface area contributed by atoms with Crippen molar-refractivity contribution in [1.29, 1.82) is 0 Å². The largest absolute Gasteiger partial charge is 0.497 e. The zero-order valence-corrected chi connectivity index (χ0v) is 17.4. The lowest BCUT2D eigenvalue weighted by atomic mass is 10.1. The molecular formula is C20H19BrN2O5. The summed E-state index contributed by atoms with van der Waals surface area (Å²) in [5.41, 5.74) is 1.88. The number of nitrogens with one attached hydrogen (secondary N) is 1. The number of benzene rings is 2. The number of aryl methyl sites for hydroxylation is 1. The van der Waals surface area contributed by atoms with Gasteiger partial charge in [0.15, 0.2) is 0 Å². The van der Waals surface area contributed by atoms with E-state index in [2.05, 4.69) is 21.2 Å². The number of ether oxygens (including phenoxy) is 2. The fraction of sp³-hybridized carbons (Fsp3) is 0.250. The van der Waals surface area contributed by atoms with Gasteiger partial charge in [0.2, 0.25) is 5.91 Å². The second kappa shape index (κ2) is 7.63. The molecule has 0 spiro atoms. The molecule has 2 amide bonds. The summed E-state index contributed by atoms with van der Waals surface area (Å²) >= 11 is 3.34. The van der Waals surface area contributed by atoms with E-state index in [1.54, 1.807) is 44.2 Å². The maximum Gasteiger partial charge on any atom is 0.300 e. The van der Waals surface area contributed by atoms with E-state index in [1.165, 1.54) is 19.1 Å². The summed E-state index contributed by atoms with van der Waals surface area (Å²) in [6.07, 6.45) is 0. The van der Waals surface area contributed by atoms with Gasteiger partial charge in [-0.3, -0.25) is 19.3 Å². The first kappa shape index (κ1) is 19.9. The van der Waals surface area contributed by atoms with E-state index in [0.29, 0.717) is 27.3 Å². The number of anilines is 2. The molecule has 0 saturated heterocycles. The minimum absolute atomic E-state index is 0.287. The molecule has 0 saturated carbocycles. The minimum atomic E-state index is -0.909. The number of hydrogen-bond donors (Lipinski definition) is 1. The number of nitrogens with zero attached hydrogens (tertiary/aromatic N) is 1. The Balaban J connectivity index is 1.93. The van der Waals surface area contributed by atoms with Crippen molar-refractivity contribution in [2.24, 2.45) is 0 Å². The molecule has 8 heteroatoms. The van der Waals surface area contributed by atoms with Gasteiger partial charge in [0.1, 0.15) is 17.5 Å². The van der Waals surface area contributed by atoms with E-state index in [4.69, 9.17) is 9.47 Å². The molecule has 1 aliphatic rings. The third-order valence-corrected chi connectivity index (χ3v) is 5.05. The van der Waals surface area contributed by atoms with E-state index in [9.17, 15) is 14.4 Å². The van der Waals surface area contributed by atoms with Crippen LogP contribution in [-0.2, 0) is 9.59 Å². The fourth-order valence-corrected chi connectivity index (χ4v) is 3.76. The Bertz CT molecular complexity index is 989. The van der Waals surface area contributed by atoms with Gasteiger partial charge in [-0.15, -0.1) is 0 Å². The van der Waals surface area contributed by atoms with E-state index in [-0.39, 0.29) is 5.56 Å². The molecule has 1 atom stereocenters. The van der Waals surface area contributed by atoms with Gasteiger partial charge in [-0.2, -0.15) is 0 Å². The van der Waals surface area contributed by atoms with E-state index in [0.717, 1.165) is 5.56 Å². The SMILES string of the molecule is COc1ccc(OC)c(NC(=O)C(C)N2C(=O)C(=O)c3cc(Br)cc(C)c32)c1. The lowest BCUT2D eigenvalue weighted by Crippen LogP contribution is -2.45. The molecule has 1 N–H and O–H groups in total. The van der Waals surface area contributed by atoms with Gasteiger partial charge in [0.25, 0.3) is 11.7 Å². The topological polar surface area (TPSA) is 84.9 Å². The van der Waals surface area contributed by atoms with Crippen LogP contribution in [0.2, 0.25) is 0 Å². The molecule has 0 fully saturated rings. The average Bonchev–Trinajstić information content (AvgIpc) is 2.92. The molecule has 28 heavy (non-hydrogen) atoms. The van der Waals surface area contributed by atoms with Crippen molar-refractivity contribution in [2.75, 3.05) is 24.4 Å². The normalized spacial score (nSPS) is 14.0. The first-order valence-electron chi connectivity index (χ1n) is 8.49. The highest BCUT2D eigenvalue weighted by Crippen LogP contribution is 2.37. The zero-order chi connectivity index (χ0) is 20.6. The Morgan fingerprint density at radius 1 is 1.14 bits per heavy atom. The molecule has 1 unspecified atom stereocenters. The summed E-state index contributed by atoms with van der Waals surface area (Å²) in [6, 6.07) is 7.48. The zero-order valence-electron chi connectivity index (χ0n) is 15.8. The molecule has 2 aromatic rings. The number of rotatable bonds is 5. The van der Waals surface area contributed by atoms with Crippen molar-refractivity contribution < 1.29 is 23.9 Å². The Morgan fingerprint density at radius 2 is 1.86 bits per heavy atom. The summed E-state index contributed by atoms with van der Waals surface area (Å²) in [5, 5.41) is 2.75. The average molecular weight is 447 g/mol. The van der Waals surface area contributed by atoms with Gasteiger partial charge in [0.05, 0.1) is 31.2 Å². The molecule has 0 bridgehead atoms. The summed E-state index contributed by atoms with van der Waals surface area (Å²) in [4.78, 5) is 39.1. The Morgan fingerprint density at radius 3 is 2.50 bits per heavy atom. The first-order chi connectivity index (χ1) is 13.3. The predicted molar refractivity (Wildman–Crippen MR) is 108 cm³/mol. The third-order valence-electron chi connectivity index (χ3n) is 4.60. The van der Waals surface area contributed by atoms with Crippen LogP contribution >= 0.6 is 15.9 Å². The maximum atomic E-state index is 12.9. The first-order valence-corrected chi connectivity index (χ1v) is 9.28. The Kier molecular flexibility index (Phi) is 5.42. The lowest BCUT2D eigenvalue weighted by Gasteiger charge is -2.25. The number of carbonyl (C=O) groups excluding carboxylic acids is 3. The van der Waals surface area contributed by atoms with Crippen LogP contribution in [0.5, 0.6) is 11.5 Å². The number of fused-ring (bicyclic) bond motifs is 1. The van der Waals surface area contributed by atoms with Crippen LogP contribution in [0.25, 0.3) is 0 Å². The van der Waals surface area contributed by atoms with Gasteiger partial charge in [-0.25, -0.2) is 0 Å². The van der Waals surface area contributed by atoms with Crippen LogP contribution < -0.4 is 19.7 Å². The molecular weight excluding hydrogens is 428 g/mol. The highest BCUT2D eigenvalue weighted by Gasteiger charge is 2.42. The van der Waals surface area contributed by atoms with Crippen molar-refractivity contribution in [3.63, 3.8) is 0 Å². The van der Waals surface area contributed by atoms with E-state index in [1.807, 2.05) is 0 Å². The van der Waals surface area contributed by atoms with E-state index >= 15 is 0 Å². The molecule has 0 aromatic heterocycles. The number of amides is 2. The van der Waals surface area contributed by atoms with Crippen LogP contribution in [-0.4, -0.2) is 37.9 Å². The smallest absolute Gasteiger partial charge is 0.300 e. The Hall–Kier alpha value is -2.87. The van der Waals surface area contributed by atoms with Gasteiger partial charge in [0, 0.05) is 10.5 Å². The molecule has 3 rings (SSSR count). The van der Waals surface area contributed by atoms with Gasteiger partial charge in [-0.1, -0.05) is 15.9 Å². The van der Waals surface area contributed by atoms with Crippen LogP contribution in [0.3, 0.4) is 0 Å². The maximum absolute atomic E-state index is 12.9. The predicted octanol–water partition coefficient (Wildman–Crippen LogP) is 3.33. The minimum Gasteiger partial charge on any atom is -0.497 e. The number of hydrogen-bond acceptors (Lipinski definition) is 5. The molecule has 0 aliphatic carbocycles. The fourth-order valence-electron chi connectivity index (χ4n) is 3.19. The number of halogens is 1. The highest BCUT2D eigenvalue weighted by atomic mass is 79.9. The van der Waals surface area contributed by atoms with Crippen molar-refractivity contribution in [3.8, 4) is 11.5 Å². The van der Waals surface area contributed by atoms with Crippen molar-refractivity contribution in [2.45, 2.75) is 19.9 Å². The molecule has 2 aromatic carbocycles. The number of ketones is 1. The second-order valence-corrected chi connectivity index (χ2v) is 7.27. The molecule has 7 nitrogen and oxygen atoms in total. The third kappa shape index (κ3) is 3.35. The molecule has 146 valence electrons. The molecule has 1 heterocycles. The van der Waals surface area contributed by atoms with Crippen molar-refractivity contribution in [3.05, 3.63) is 45.9 Å². The number of carbonyl (C=O) groups is 3. The number of Topliss-reactive ketones (excluding diaryl/α,β-unsaturated/α-hetero) is 1. The Labute approximate surface area is 170 Å². The molecule has 1 aliphatic heterocycles. The quantitative estimate of drug-likeness (QED) is 0.711. The summed E-state index contributed by atoms with van der Waals surface area (Å²) < 4.78 is 11.1. The van der Waals surface area contributed by atoms with Crippen molar-refractivity contribution in [1.82, 2.24) is 0 Å². The van der Waals surface area contributed by atoms with Gasteiger partial charge in [-0.05, 0) is 43.7 Å². The van der Waals surface area contributed by atoms with Gasteiger partial charge >= 0.3 is 0 Å².